The number of nitrogens with zero attached hydrogens (tertiary/aromatic N) is 3. The molecule has 27 heavy (non-hydrogen) atoms. The molecule has 0 aliphatic carbocycles. The zero-order valence-corrected chi connectivity index (χ0v) is 15.7. The van der Waals surface area contributed by atoms with Gasteiger partial charge < -0.3 is 9.32 Å². The summed E-state index contributed by atoms with van der Waals surface area (Å²) >= 11 is 1.28. The number of fused-ring (bicyclic) bond motifs is 1. The normalized spacial score (nSPS) is 15.2. The van der Waals surface area contributed by atoms with Gasteiger partial charge in [-0.05, 0) is 36.4 Å². The van der Waals surface area contributed by atoms with Crippen molar-refractivity contribution in [3.05, 3.63) is 56.4 Å². The standard InChI is InChI=1S/C19H21N3O4S/c23-16(20-8-3-1-2-4-9-20)13-21-15-7-11-27-17(15)18(24)22(19(21)25)12-14-6-5-10-26-14/h5-7,10-11H,1-4,8-9,12-13H2. The van der Waals surface area contributed by atoms with E-state index in [1.54, 1.807) is 23.6 Å². The molecule has 1 fully saturated rings. The molecule has 4 rings (SSSR count). The molecule has 0 radical (unpaired) electrons. The number of hydrogen-bond donors (Lipinski definition) is 0. The third-order valence-corrected chi connectivity index (χ3v) is 5.87. The lowest BCUT2D eigenvalue weighted by molar-refractivity contribution is -0.131. The fourth-order valence-electron chi connectivity index (χ4n) is 3.54. The van der Waals surface area contributed by atoms with Gasteiger partial charge in [-0.15, -0.1) is 11.3 Å². The highest BCUT2D eigenvalue weighted by molar-refractivity contribution is 7.17. The molecule has 0 saturated carbocycles. The van der Waals surface area contributed by atoms with E-state index in [1.165, 1.54) is 22.2 Å². The second kappa shape index (κ2) is 7.56. The van der Waals surface area contributed by atoms with Gasteiger partial charge in [0.2, 0.25) is 5.91 Å². The Balaban J connectivity index is 1.73. The first-order valence-corrected chi connectivity index (χ1v) is 10.0. The first kappa shape index (κ1) is 17.8. The van der Waals surface area contributed by atoms with Crippen molar-refractivity contribution >= 4 is 27.5 Å². The van der Waals surface area contributed by atoms with Crippen LogP contribution in [0.25, 0.3) is 10.2 Å². The summed E-state index contributed by atoms with van der Waals surface area (Å²) in [7, 11) is 0. The third kappa shape index (κ3) is 3.49. The summed E-state index contributed by atoms with van der Waals surface area (Å²) in [6.07, 6.45) is 5.75. The molecule has 1 aliphatic rings. The number of amides is 1. The molecule has 0 atom stereocenters. The van der Waals surface area contributed by atoms with E-state index in [9.17, 15) is 14.4 Å². The minimum atomic E-state index is -0.481. The average molecular weight is 387 g/mol. The van der Waals surface area contributed by atoms with Crippen LogP contribution in [0.2, 0.25) is 0 Å². The molecule has 1 saturated heterocycles. The summed E-state index contributed by atoms with van der Waals surface area (Å²) in [6.45, 7) is 1.46. The van der Waals surface area contributed by atoms with Crippen LogP contribution in [-0.2, 0) is 17.9 Å². The number of likely N-dealkylation sites (tertiary alicyclic amines) is 1. The molecule has 0 N–H and O–H groups in total. The van der Waals surface area contributed by atoms with E-state index in [0.717, 1.165) is 43.3 Å². The topological polar surface area (TPSA) is 77.5 Å². The lowest BCUT2D eigenvalue weighted by Gasteiger charge is -2.21. The molecule has 1 amide bonds. The largest absolute Gasteiger partial charge is 0.467 e. The van der Waals surface area contributed by atoms with E-state index >= 15 is 0 Å². The molecule has 4 heterocycles. The van der Waals surface area contributed by atoms with Crippen molar-refractivity contribution in [3.63, 3.8) is 0 Å². The Morgan fingerprint density at radius 2 is 1.85 bits per heavy atom. The molecule has 0 bridgehead atoms. The average Bonchev–Trinajstić information content (AvgIpc) is 3.28. The zero-order valence-electron chi connectivity index (χ0n) is 14.9. The number of aromatic nitrogens is 2. The number of furan rings is 1. The minimum Gasteiger partial charge on any atom is -0.467 e. The number of thiophene rings is 1. The van der Waals surface area contributed by atoms with Crippen molar-refractivity contribution in [3.8, 4) is 0 Å². The number of carbonyl (C=O) groups excluding carboxylic acids is 1. The van der Waals surface area contributed by atoms with Crippen LogP contribution >= 0.6 is 11.3 Å². The molecule has 8 heteroatoms. The molecular weight excluding hydrogens is 366 g/mol. The Morgan fingerprint density at radius 3 is 2.56 bits per heavy atom. The van der Waals surface area contributed by atoms with Gasteiger partial charge in [0, 0.05) is 13.1 Å². The highest BCUT2D eigenvalue weighted by atomic mass is 32.1. The van der Waals surface area contributed by atoms with Crippen molar-refractivity contribution in [2.75, 3.05) is 13.1 Å². The van der Waals surface area contributed by atoms with E-state index in [2.05, 4.69) is 0 Å². The van der Waals surface area contributed by atoms with Gasteiger partial charge in [0.15, 0.2) is 0 Å². The highest BCUT2D eigenvalue weighted by Gasteiger charge is 2.20. The van der Waals surface area contributed by atoms with Gasteiger partial charge in [0.1, 0.15) is 17.0 Å². The van der Waals surface area contributed by atoms with Gasteiger partial charge in [-0.3, -0.25) is 18.7 Å². The first-order chi connectivity index (χ1) is 13.1. The maximum atomic E-state index is 13.0. The quantitative estimate of drug-likeness (QED) is 0.688. The van der Waals surface area contributed by atoms with Crippen molar-refractivity contribution in [2.24, 2.45) is 0 Å². The second-order valence-electron chi connectivity index (χ2n) is 6.77. The molecule has 3 aromatic rings. The number of hydrogen-bond acceptors (Lipinski definition) is 5. The van der Waals surface area contributed by atoms with Crippen LogP contribution in [0.5, 0.6) is 0 Å². The minimum absolute atomic E-state index is 0.0511. The van der Waals surface area contributed by atoms with Gasteiger partial charge >= 0.3 is 5.69 Å². The van der Waals surface area contributed by atoms with Crippen molar-refractivity contribution in [1.29, 1.82) is 0 Å². The SMILES string of the molecule is O=C(Cn1c(=O)n(Cc2ccco2)c(=O)c2sccc21)N1CCCCCC1. The van der Waals surface area contributed by atoms with E-state index in [1.807, 2.05) is 4.90 Å². The van der Waals surface area contributed by atoms with E-state index < -0.39 is 5.69 Å². The lowest BCUT2D eigenvalue weighted by atomic mass is 10.2. The number of rotatable bonds is 4. The Hall–Kier alpha value is -2.61. The highest BCUT2D eigenvalue weighted by Crippen LogP contribution is 2.16. The smallest absolute Gasteiger partial charge is 0.332 e. The number of carbonyl (C=O) groups is 1. The van der Waals surface area contributed by atoms with Crippen LogP contribution in [0.3, 0.4) is 0 Å². The summed E-state index contributed by atoms with van der Waals surface area (Å²) in [5.41, 5.74) is -0.306. The molecule has 0 unspecified atom stereocenters. The van der Waals surface area contributed by atoms with Crippen LogP contribution in [0.15, 0.2) is 43.8 Å². The Bertz CT molecular complexity index is 1050. The van der Waals surface area contributed by atoms with Gasteiger partial charge in [-0.25, -0.2) is 4.79 Å². The Morgan fingerprint density at radius 1 is 1.07 bits per heavy atom. The van der Waals surface area contributed by atoms with E-state index in [-0.39, 0.29) is 24.6 Å². The van der Waals surface area contributed by atoms with Crippen LogP contribution in [-0.4, -0.2) is 33.0 Å². The molecular formula is C19H21N3O4S. The summed E-state index contributed by atoms with van der Waals surface area (Å²) in [5.74, 6) is 0.449. The van der Waals surface area contributed by atoms with Gasteiger partial charge in [-0.1, -0.05) is 12.8 Å². The van der Waals surface area contributed by atoms with Crippen LogP contribution in [0.1, 0.15) is 31.4 Å². The van der Waals surface area contributed by atoms with Gasteiger partial charge in [0.25, 0.3) is 5.56 Å². The fourth-order valence-corrected chi connectivity index (χ4v) is 4.38. The molecule has 3 aromatic heterocycles. The zero-order chi connectivity index (χ0) is 18.8. The third-order valence-electron chi connectivity index (χ3n) is 4.98. The van der Waals surface area contributed by atoms with Crippen molar-refractivity contribution in [1.82, 2.24) is 14.0 Å². The van der Waals surface area contributed by atoms with Crippen molar-refractivity contribution in [2.45, 2.75) is 38.8 Å². The van der Waals surface area contributed by atoms with Crippen LogP contribution in [0, 0.1) is 0 Å². The van der Waals surface area contributed by atoms with Crippen LogP contribution in [0.4, 0.5) is 0 Å². The molecule has 0 aromatic carbocycles. The predicted octanol–water partition coefficient (Wildman–Crippen LogP) is 2.27. The van der Waals surface area contributed by atoms with E-state index in [0.29, 0.717) is 16.0 Å². The summed E-state index contributed by atoms with van der Waals surface area (Å²) in [5, 5.41) is 1.77. The van der Waals surface area contributed by atoms with Crippen LogP contribution < -0.4 is 11.2 Å². The Labute approximate surface area is 159 Å². The van der Waals surface area contributed by atoms with E-state index in [4.69, 9.17) is 4.42 Å². The monoisotopic (exact) mass is 387 g/mol. The van der Waals surface area contributed by atoms with Crippen molar-refractivity contribution < 1.29 is 9.21 Å². The molecule has 142 valence electrons. The fraction of sp³-hybridized carbons (Fsp3) is 0.421. The first-order valence-electron chi connectivity index (χ1n) is 9.16. The maximum absolute atomic E-state index is 13.0. The summed E-state index contributed by atoms with van der Waals surface area (Å²) in [6, 6.07) is 5.17. The lowest BCUT2D eigenvalue weighted by Crippen LogP contribution is -2.43. The Kier molecular flexibility index (Phi) is 4.98. The molecule has 1 aliphatic heterocycles. The molecule has 0 spiro atoms. The summed E-state index contributed by atoms with van der Waals surface area (Å²) < 4.78 is 8.33. The summed E-state index contributed by atoms with van der Waals surface area (Å²) in [4.78, 5) is 40.4. The molecule has 7 nitrogen and oxygen atoms in total. The maximum Gasteiger partial charge on any atom is 0.332 e. The second-order valence-corrected chi connectivity index (χ2v) is 7.69. The van der Waals surface area contributed by atoms with Gasteiger partial charge in [0.05, 0.1) is 18.3 Å². The predicted molar refractivity (Wildman–Crippen MR) is 103 cm³/mol. The van der Waals surface area contributed by atoms with Gasteiger partial charge in [-0.2, -0.15) is 0 Å².